The van der Waals surface area contributed by atoms with Crippen LogP contribution in [0.3, 0.4) is 0 Å². The molecule has 146 valence electrons. The van der Waals surface area contributed by atoms with E-state index in [2.05, 4.69) is 19.6 Å². The van der Waals surface area contributed by atoms with Crippen LogP contribution >= 0.6 is 0 Å². The largest absolute Gasteiger partial charge is 0.373 e. The number of hydrogen-bond acceptors (Lipinski definition) is 5. The summed E-state index contributed by atoms with van der Waals surface area (Å²) in [4.78, 5) is 10.6. The van der Waals surface area contributed by atoms with Gasteiger partial charge in [-0.15, -0.1) is 0 Å². The molecule has 2 aromatic heterocycles. The molecule has 0 aliphatic rings. The van der Waals surface area contributed by atoms with E-state index in [0.717, 1.165) is 24.2 Å². The van der Waals surface area contributed by atoms with Gasteiger partial charge >= 0.3 is 0 Å². The number of sulfonamides is 1. The Bertz CT molecular complexity index is 1040. The molecule has 0 aliphatic carbocycles. The minimum Gasteiger partial charge on any atom is -0.373 e. The number of pyridine rings is 2. The summed E-state index contributed by atoms with van der Waals surface area (Å²) in [5, 5.41) is 0. The van der Waals surface area contributed by atoms with E-state index < -0.39 is 10.0 Å². The highest BCUT2D eigenvalue weighted by Gasteiger charge is 2.17. The molecule has 0 radical (unpaired) electrons. The van der Waals surface area contributed by atoms with Crippen molar-refractivity contribution in [2.24, 2.45) is 0 Å². The molecule has 0 saturated carbocycles. The second-order valence-electron chi connectivity index (χ2n) is 6.80. The molecule has 6 nitrogen and oxygen atoms in total. The van der Waals surface area contributed by atoms with E-state index in [4.69, 9.17) is 0 Å². The van der Waals surface area contributed by atoms with Gasteiger partial charge in [0.25, 0.3) is 10.0 Å². The molecule has 2 heterocycles. The van der Waals surface area contributed by atoms with Crippen LogP contribution in [-0.4, -0.2) is 32.0 Å². The van der Waals surface area contributed by atoms with Crippen LogP contribution in [0.15, 0.2) is 66.0 Å². The van der Waals surface area contributed by atoms with Crippen molar-refractivity contribution < 1.29 is 8.42 Å². The van der Waals surface area contributed by atoms with Crippen molar-refractivity contribution >= 4 is 21.5 Å². The van der Waals surface area contributed by atoms with Gasteiger partial charge in [-0.2, -0.15) is 0 Å². The average molecular weight is 397 g/mol. The third-order valence-corrected chi connectivity index (χ3v) is 6.04. The van der Waals surface area contributed by atoms with Crippen molar-refractivity contribution in [3.05, 3.63) is 77.7 Å². The molecular weight excluding hydrogens is 372 g/mol. The number of likely N-dealkylation sites (N-methyl/N-ethyl adjacent to an activating group) is 1. The lowest BCUT2D eigenvalue weighted by Crippen LogP contribution is -2.21. The van der Waals surface area contributed by atoms with E-state index in [9.17, 15) is 8.42 Å². The Hall–Kier alpha value is -2.93. The van der Waals surface area contributed by atoms with Gasteiger partial charge in [-0.1, -0.05) is 12.1 Å². The number of nitrogens with zero attached hydrogens (tertiary/aromatic N) is 3. The zero-order chi connectivity index (χ0) is 20.1. The third-order valence-electron chi connectivity index (χ3n) is 4.55. The average Bonchev–Trinajstić information content (AvgIpc) is 2.69. The van der Waals surface area contributed by atoms with E-state index in [0.29, 0.717) is 11.4 Å². The molecule has 0 aliphatic heterocycles. The first kappa shape index (κ1) is 19.8. The maximum atomic E-state index is 12.7. The van der Waals surface area contributed by atoms with Crippen LogP contribution in [0.2, 0.25) is 0 Å². The normalized spacial score (nSPS) is 11.2. The second-order valence-corrected chi connectivity index (χ2v) is 8.45. The number of benzene rings is 1. The summed E-state index contributed by atoms with van der Waals surface area (Å²) in [6.07, 6.45) is 6.13. The van der Waals surface area contributed by atoms with E-state index >= 15 is 0 Å². The van der Waals surface area contributed by atoms with Gasteiger partial charge in [0.1, 0.15) is 5.82 Å². The van der Waals surface area contributed by atoms with Crippen LogP contribution in [0.4, 0.5) is 11.5 Å². The van der Waals surface area contributed by atoms with Gasteiger partial charge in [0.2, 0.25) is 0 Å². The summed E-state index contributed by atoms with van der Waals surface area (Å²) in [5.74, 6) is 0.298. The van der Waals surface area contributed by atoms with E-state index in [1.165, 1.54) is 5.56 Å². The molecule has 1 N–H and O–H groups in total. The maximum Gasteiger partial charge on any atom is 0.263 e. The quantitative estimate of drug-likeness (QED) is 0.661. The van der Waals surface area contributed by atoms with Crippen LogP contribution in [0.25, 0.3) is 0 Å². The number of nitrogens with one attached hydrogen (secondary N) is 1. The van der Waals surface area contributed by atoms with Gasteiger partial charge in [0.05, 0.1) is 16.8 Å². The van der Waals surface area contributed by atoms with Crippen LogP contribution in [0.1, 0.15) is 16.7 Å². The highest BCUT2D eigenvalue weighted by molar-refractivity contribution is 7.92. The highest BCUT2D eigenvalue weighted by atomic mass is 32.2. The fourth-order valence-corrected chi connectivity index (χ4v) is 4.18. The van der Waals surface area contributed by atoms with Crippen molar-refractivity contribution in [1.29, 1.82) is 0 Å². The molecule has 3 rings (SSSR count). The maximum absolute atomic E-state index is 12.7. The Balaban J connectivity index is 1.67. The highest BCUT2D eigenvalue weighted by Crippen LogP contribution is 2.21. The van der Waals surface area contributed by atoms with Gasteiger partial charge in [-0.25, -0.2) is 13.4 Å². The zero-order valence-electron chi connectivity index (χ0n) is 16.3. The molecule has 0 fully saturated rings. The summed E-state index contributed by atoms with van der Waals surface area (Å²) < 4.78 is 27.9. The Morgan fingerprint density at radius 2 is 1.79 bits per heavy atom. The molecule has 0 bridgehead atoms. The minimum absolute atomic E-state index is 0.271. The van der Waals surface area contributed by atoms with Crippen LogP contribution in [0, 0.1) is 13.8 Å². The van der Waals surface area contributed by atoms with Gasteiger partial charge < -0.3 is 4.90 Å². The topological polar surface area (TPSA) is 75.2 Å². The zero-order valence-corrected chi connectivity index (χ0v) is 17.1. The van der Waals surface area contributed by atoms with Crippen molar-refractivity contribution in [2.45, 2.75) is 25.2 Å². The fourth-order valence-electron chi connectivity index (χ4n) is 2.84. The molecule has 7 heteroatoms. The van der Waals surface area contributed by atoms with Gasteiger partial charge in [-0.3, -0.25) is 9.71 Å². The molecule has 3 aromatic rings. The number of aromatic nitrogens is 2. The molecule has 0 spiro atoms. The summed E-state index contributed by atoms with van der Waals surface area (Å²) in [5.41, 5.74) is 3.73. The van der Waals surface area contributed by atoms with E-state index in [1.54, 1.807) is 43.7 Å². The summed E-state index contributed by atoms with van der Waals surface area (Å²) in [6.45, 7) is 4.47. The van der Waals surface area contributed by atoms with Crippen LogP contribution in [0.5, 0.6) is 0 Å². The number of rotatable bonds is 7. The molecule has 0 saturated heterocycles. The first-order chi connectivity index (χ1) is 13.3. The van der Waals surface area contributed by atoms with E-state index in [-0.39, 0.29) is 4.90 Å². The Morgan fingerprint density at radius 1 is 1.04 bits per heavy atom. The van der Waals surface area contributed by atoms with Gasteiger partial charge in [-0.05, 0) is 67.3 Å². The molecule has 28 heavy (non-hydrogen) atoms. The number of anilines is 2. The molecule has 0 atom stereocenters. The van der Waals surface area contributed by atoms with Crippen LogP contribution < -0.4 is 9.62 Å². The second kappa shape index (κ2) is 8.39. The Morgan fingerprint density at radius 3 is 2.46 bits per heavy atom. The molecule has 0 unspecified atom stereocenters. The summed E-state index contributed by atoms with van der Waals surface area (Å²) in [7, 11) is -1.69. The standard InChI is InChI=1S/C21H24N4O2S/c1-16-4-5-17(2)20(14-16)28(26,27)24-21-7-6-19(15-23-21)25(3)13-10-18-8-11-22-12-9-18/h4-9,11-12,14-15H,10,13H2,1-3H3,(H,23,24). The van der Waals surface area contributed by atoms with Crippen molar-refractivity contribution in [1.82, 2.24) is 9.97 Å². The van der Waals surface area contributed by atoms with Gasteiger partial charge in [0, 0.05) is 26.0 Å². The van der Waals surface area contributed by atoms with Crippen molar-refractivity contribution in [3.63, 3.8) is 0 Å². The summed E-state index contributed by atoms with van der Waals surface area (Å²) >= 11 is 0. The lowest BCUT2D eigenvalue weighted by molar-refractivity contribution is 0.600. The van der Waals surface area contributed by atoms with E-state index in [1.807, 2.05) is 38.2 Å². The predicted octanol–water partition coefficient (Wildman–Crippen LogP) is 3.57. The predicted molar refractivity (Wildman–Crippen MR) is 112 cm³/mol. The molecular formula is C21H24N4O2S. The number of hydrogen-bond donors (Lipinski definition) is 1. The van der Waals surface area contributed by atoms with Gasteiger partial charge in [0.15, 0.2) is 0 Å². The first-order valence-corrected chi connectivity index (χ1v) is 10.5. The number of aryl methyl sites for hydroxylation is 2. The third kappa shape index (κ3) is 4.86. The smallest absolute Gasteiger partial charge is 0.263 e. The van der Waals surface area contributed by atoms with Crippen molar-refractivity contribution in [3.8, 4) is 0 Å². The molecule has 0 amide bonds. The van der Waals surface area contributed by atoms with Crippen LogP contribution in [-0.2, 0) is 16.4 Å². The van der Waals surface area contributed by atoms with Crippen molar-refractivity contribution in [2.75, 3.05) is 23.2 Å². The fraction of sp³-hybridized carbons (Fsp3) is 0.238. The monoisotopic (exact) mass is 396 g/mol. The summed E-state index contributed by atoms with van der Waals surface area (Å²) in [6, 6.07) is 12.9. The Kier molecular flexibility index (Phi) is 5.94. The minimum atomic E-state index is -3.68. The lowest BCUT2D eigenvalue weighted by Gasteiger charge is -2.19. The first-order valence-electron chi connectivity index (χ1n) is 9.01. The SMILES string of the molecule is Cc1ccc(C)c(S(=O)(=O)Nc2ccc(N(C)CCc3ccncc3)cn2)c1. The Labute approximate surface area is 166 Å². The lowest BCUT2D eigenvalue weighted by atomic mass is 10.2. The molecule has 1 aromatic carbocycles.